The standard InChI is InChI=1S/C15H18N4O5S/c1-8(2)6-12(14-18-17-9(3)23-14)19-25(21,22)10-4-5-11-13(7-10)24-15(20)16-11/h4-5,7-8,12,19H,6H2,1-3H3,(H,16,20). The maximum absolute atomic E-state index is 12.7. The minimum atomic E-state index is -3.88. The smallest absolute Gasteiger partial charge is 0.417 e. The first-order valence-corrected chi connectivity index (χ1v) is 9.18. The van der Waals surface area contributed by atoms with E-state index in [0.717, 1.165) is 0 Å². The highest BCUT2D eigenvalue weighted by Gasteiger charge is 2.26. The van der Waals surface area contributed by atoms with Crippen LogP contribution in [0.1, 0.15) is 38.1 Å². The van der Waals surface area contributed by atoms with Gasteiger partial charge < -0.3 is 8.83 Å². The maximum Gasteiger partial charge on any atom is 0.417 e. The van der Waals surface area contributed by atoms with Crippen LogP contribution in [0.2, 0.25) is 0 Å². The summed E-state index contributed by atoms with van der Waals surface area (Å²) in [6, 6.07) is 3.51. The predicted molar refractivity (Wildman–Crippen MR) is 88.4 cm³/mol. The summed E-state index contributed by atoms with van der Waals surface area (Å²) in [6.07, 6.45) is 0.488. The van der Waals surface area contributed by atoms with E-state index in [4.69, 9.17) is 8.83 Å². The highest BCUT2D eigenvalue weighted by atomic mass is 32.2. The summed E-state index contributed by atoms with van der Waals surface area (Å²) in [7, 11) is -3.88. The van der Waals surface area contributed by atoms with Crippen molar-refractivity contribution in [3.63, 3.8) is 0 Å². The number of hydrogen-bond acceptors (Lipinski definition) is 7. The van der Waals surface area contributed by atoms with E-state index < -0.39 is 21.8 Å². The molecule has 0 fully saturated rings. The molecule has 10 heteroatoms. The van der Waals surface area contributed by atoms with Gasteiger partial charge in [0.1, 0.15) is 6.04 Å². The molecule has 25 heavy (non-hydrogen) atoms. The highest BCUT2D eigenvalue weighted by molar-refractivity contribution is 7.89. The van der Waals surface area contributed by atoms with Crippen LogP contribution in [0.4, 0.5) is 0 Å². The van der Waals surface area contributed by atoms with Crippen LogP contribution >= 0.6 is 0 Å². The van der Waals surface area contributed by atoms with E-state index in [0.29, 0.717) is 17.8 Å². The molecule has 3 aromatic rings. The number of aromatic amines is 1. The van der Waals surface area contributed by atoms with Crippen LogP contribution in [0, 0.1) is 12.8 Å². The van der Waals surface area contributed by atoms with Crippen molar-refractivity contribution in [3.8, 4) is 0 Å². The zero-order chi connectivity index (χ0) is 18.2. The van der Waals surface area contributed by atoms with Gasteiger partial charge in [-0.25, -0.2) is 13.2 Å². The van der Waals surface area contributed by atoms with Gasteiger partial charge in [0.05, 0.1) is 10.4 Å². The second-order valence-corrected chi connectivity index (χ2v) is 7.85. The van der Waals surface area contributed by atoms with Crippen molar-refractivity contribution in [2.45, 2.75) is 38.1 Å². The van der Waals surface area contributed by atoms with Gasteiger partial charge in [0.25, 0.3) is 0 Å². The molecule has 2 aromatic heterocycles. The van der Waals surface area contributed by atoms with Crippen molar-refractivity contribution in [1.29, 1.82) is 0 Å². The lowest BCUT2D eigenvalue weighted by Gasteiger charge is -2.17. The lowest BCUT2D eigenvalue weighted by Crippen LogP contribution is -2.30. The summed E-state index contributed by atoms with van der Waals surface area (Å²) in [5.41, 5.74) is 0.595. The van der Waals surface area contributed by atoms with Crippen LogP contribution in [0.15, 0.2) is 36.7 Å². The fourth-order valence-electron chi connectivity index (χ4n) is 2.47. The third-order valence-corrected chi connectivity index (χ3v) is 5.02. The first kappa shape index (κ1) is 17.4. The van der Waals surface area contributed by atoms with Gasteiger partial charge in [-0.2, -0.15) is 4.72 Å². The lowest BCUT2D eigenvalue weighted by atomic mass is 10.0. The van der Waals surface area contributed by atoms with Gasteiger partial charge in [0.2, 0.25) is 21.8 Å². The molecule has 2 N–H and O–H groups in total. The van der Waals surface area contributed by atoms with Gasteiger partial charge in [0.15, 0.2) is 5.58 Å². The van der Waals surface area contributed by atoms with Crippen molar-refractivity contribution in [1.82, 2.24) is 19.9 Å². The fraction of sp³-hybridized carbons (Fsp3) is 0.400. The van der Waals surface area contributed by atoms with E-state index in [1.165, 1.54) is 18.2 Å². The summed E-state index contributed by atoms with van der Waals surface area (Å²) in [4.78, 5) is 13.7. The van der Waals surface area contributed by atoms with Crippen LogP contribution in [0.3, 0.4) is 0 Å². The van der Waals surface area contributed by atoms with Gasteiger partial charge in [0, 0.05) is 13.0 Å². The van der Waals surface area contributed by atoms with E-state index in [1.54, 1.807) is 6.92 Å². The summed E-state index contributed by atoms with van der Waals surface area (Å²) < 4.78 is 38.3. The molecule has 0 radical (unpaired) electrons. The summed E-state index contributed by atoms with van der Waals surface area (Å²) in [6.45, 7) is 5.56. The van der Waals surface area contributed by atoms with E-state index in [9.17, 15) is 13.2 Å². The highest BCUT2D eigenvalue weighted by Crippen LogP contribution is 2.24. The number of nitrogens with one attached hydrogen (secondary N) is 2. The van der Waals surface area contributed by atoms with Crippen molar-refractivity contribution in [2.24, 2.45) is 5.92 Å². The minimum Gasteiger partial charge on any atom is -0.424 e. The van der Waals surface area contributed by atoms with E-state index >= 15 is 0 Å². The Hall–Kier alpha value is -2.46. The number of H-pyrrole nitrogens is 1. The van der Waals surface area contributed by atoms with Crippen molar-refractivity contribution < 1.29 is 17.3 Å². The molecule has 0 aliphatic rings. The predicted octanol–water partition coefficient (Wildman–Crippen LogP) is 1.88. The average molecular weight is 366 g/mol. The zero-order valence-electron chi connectivity index (χ0n) is 13.9. The molecule has 9 nitrogen and oxygen atoms in total. The molecule has 0 bridgehead atoms. The molecule has 0 aliphatic carbocycles. The Morgan fingerprint density at radius 2 is 2.00 bits per heavy atom. The van der Waals surface area contributed by atoms with Crippen LogP contribution in [0.25, 0.3) is 11.1 Å². The van der Waals surface area contributed by atoms with Crippen LogP contribution in [0.5, 0.6) is 0 Å². The van der Waals surface area contributed by atoms with Gasteiger partial charge in [-0.1, -0.05) is 13.8 Å². The SMILES string of the molecule is Cc1nnc(C(CC(C)C)NS(=O)(=O)c2ccc3[nH]c(=O)oc3c2)o1. The number of hydrogen-bond donors (Lipinski definition) is 2. The van der Waals surface area contributed by atoms with Gasteiger partial charge in [-0.3, -0.25) is 4.98 Å². The summed E-state index contributed by atoms with van der Waals surface area (Å²) in [5.74, 6) is 0.129. The monoisotopic (exact) mass is 366 g/mol. The number of nitrogens with zero attached hydrogens (tertiary/aromatic N) is 2. The topological polar surface area (TPSA) is 131 Å². The Balaban J connectivity index is 1.94. The van der Waals surface area contributed by atoms with Crippen LogP contribution < -0.4 is 10.5 Å². The number of rotatable bonds is 6. The number of benzene rings is 1. The summed E-state index contributed by atoms with van der Waals surface area (Å²) >= 11 is 0. The number of fused-ring (bicyclic) bond motifs is 1. The largest absolute Gasteiger partial charge is 0.424 e. The van der Waals surface area contributed by atoms with E-state index in [1.807, 2.05) is 13.8 Å². The van der Waals surface area contributed by atoms with E-state index in [2.05, 4.69) is 19.9 Å². The normalized spacial score (nSPS) is 13.6. The molecule has 2 heterocycles. The van der Waals surface area contributed by atoms with Gasteiger partial charge in [-0.05, 0) is 24.5 Å². The molecule has 1 atom stereocenters. The molecule has 3 rings (SSSR count). The molecule has 1 unspecified atom stereocenters. The minimum absolute atomic E-state index is 0.0206. The number of aryl methyl sites for hydroxylation is 1. The molecular weight excluding hydrogens is 348 g/mol. The Kier molecular flexibility index (Phi) is 4.48. The van der Waals surface area contributed by atoms with E-state index in [-0.39, 0.29) is 22.3 Å². The number of oxazole rings is 1. The van der Waals surface area contributed by atoms with Crippen molar-refractivity contribution in [3.05, 3.63) is 40.5 Å². The second-order valence-electron chi connectivity index (χ2n) is 6.14. The molecule has 0 saturated heterocycles. The molecule has 0 aliphatic heterocycles. The molecule has 0 spiro atoms. The molecular formula is C15H18N4O5S. The molecule has 1 aromatic carbocycles. The first-order valence-electron chi connectivity index (χ1n) is 7.70. The summed E-state index contributed by atoms with van der Waals surface area (Å²) in [5, 5.41) is 7.68. The third kappa shape index (κ3) is 3.80. The zero-order valence-corrected chi connectivity index (χ0v) is 14.8. The first-order chi connectivity index (χ1) is 11.7. The third-order valence-electron chi connectivity index (χ3n) is 3.55. The Bertz CT molecular complexity index is 1050. The quantitative estimate of drug-likeness (QED) is 0.681. The maximum atomic E-state index is 12.7. The fourth-order valence-corrected chi connectivity index (χ4v) is 3.69. The Morgan fingerprint density at radius 1 is 1.24 bits per heavy atom. The molecule has 0 amide bonds. The van der Waals surface area contributed by atoms with Gasteiger partial charge in [-0.15, -0.1) is 10.2 Å². The van der Waals surface area contributed by atoms with Gasteiger partial charge >= 0.3 is 5.76 Å². The number of sulfonamides is 1. The molecule has 134 valence electrons. The molecule has 0 saturated carbocycles. The van der Waals surface area contributed by atoms with Crippen molar-refractivity contribution >= 4 is 21.1 Å². The average Bonchev–Trinajstić information content (AvgIpc) is 3.09. The van der Waals surface area contributed by atoms with Crippen LogP contribution in [-0.4, -0.2) is 23.6 Å². The lowest BCUT2D eigenvalue weighted by molar-refractivity contribution is 0.372. The Labute approximate surface area is 143 Å². The second kappa shape index (κ2) is 6.45. The van der Waals surface area contributed by atoms with Crippen LogP contribution in [-0.2, 0) is 10.0 Å². The van der Waals surface area contributed by atoms with Crippen molar-refractivity contribution in [2.75, 3.05) is 0 Å². The Morgan fingerprint density at radius 3 is 2.64 bits per heavy atom. The number of aromatic nitrogens is 3.